The largest absolute Gasteiger partial charge is 0.494 e. The molecule has 4 rings (SSSR count). The van der Waals surface area contributed by atoms with Crippen molar-refractivity contribution in [2.24, 2.45) is 0 Å². The maximum absolute atomic E-state index is 12.5. The number of anilines is 3. The lowest BCUT2D eigenvalue weighted by Crippen LogP contribution is -2.33. The summed E-state index contributed by atoms with van der Waals surface area (Å²) in [5.41, 5.74) is 3.12. The standard InChI is InChI=1S/C23H25N5O2S/c1-2-30-20-8-6-18(7-9-20)26-23(29)27-19-5-3-4-17(16-19)21-22(25-11-10-24-21)28-12-14-31-15-13-28/h3-11,16H,2,12-15H2,1H3,(H2,26,27,29). The number of ether oxygens (including phenoxy) is 1. The third-order valence-electron chi connectivity index (χ3n) is 4.81. The van der Waals surface area contributed by atoms with E-state index in [0.717, 1.165) is 47.4 Å². The van der Waals surface area contributed by atoms with E-state index < -0.39 is 0 Å². The summed E-state index contributed by atoms with van der Waals surface area (Å²) in [6.45, 7) is 4.45. The highest BCUT2D eigenvalue weighted by Crippen LogP contribution is 2.30. The first-order chi connectivity index (χ1) is 15.2. The van der Waals surface area contributed by atoms with Gasteiger partial charge in [0, 0.05) is 53.9 Å². The molecule has 2 heterocycles. The van der Waals surface area contributed by atoms with Gasteiger partial charge >= 0.3 is 6.03 Å². The van der Waals surface area contributed by atoms with Gasteiger partial charge in [0.05, 0.1) is 6.61 Å². The lowest BCUT2D eigenvalue weighted by atomic mass is 10.1. The normalized spacial score (nSPS) is 13.5. The third kappa shape index (κ3) is 5.46. The average Bonchev–Trinajstić information content (AvgIpc) is 2.81. The predicted octanol–water partition coefficient (Wildman–Crippen LogP) is 4.74. The molecular weight excluding hydrogens is 410 g/mol. The van der Waals surface area contributed by atoms with Gasteiger partial charge in [-0.3, -0.25) is 4.98 Å². The molecule has 0 saturated carbocycles. The van der Waals surface area contributed by atoms with Crippen molar-refractivity contribution in [1.82, 2.24) is 9.97 Å². The average molecular weight is 436 g/mol. The number of rotatable bonds is 6. The second-order valence-electron chi connectivity index (χ2n) is 6.95. The van der Waals surface area contributed by atoms with Crippen molar-refractivity contribution >= 4 is 35.0 Å². The van der Waals surface area contributed by atoms with E-state index in [4.69, 9.17) is 4.74 Å². The molecule has 1 fully saturated rings. The molecule has 0 spiro atoms. The summed E-state index contributed by atoms with van der Waals surface area (Å²) in [7, 11) is 0. The molecule has 2 N–H and O–H groups in total. The van der Waals surface area contributed by atoms with Crippen LogP contribution in [-0.4, -0.2) is 47.2 Å². The maximum Gasteiger partial charge on any atom is 0.323 e. The molecule has 1 saturated heterocycles. The topological polar surface area (TPSA) is 79.4 Å². The van der Waals surface area contributed by atoms with Gasteiger partial charge in [0.15, 0.2) is 5.82 Å². The molecule has 0 unspecified atom stereocenters. The quantitative estimate of drug-likeness (QED) is 0.582. The minimum atomic E-state index is -0.311. The van der Waals surface area contributed by atoms with Crippen molar-refractivity contribution in [1.29, 1.82) is 0 Å². The first-order valence-electron chi connectivity index (χ1n) is 10.3. The van der Waals surface area contributed by atoms with Crippen molar-refractivity contribution in [2.45, 2.75) is 6.92 Å². The second kappa shape index (κ2) is 10.2. The van der Waals surface area contributed by atoms with Crippen LogP contribution in [0.1, 0.15) is 6.92 Å². The molecular formula is C23H25N5O2S. The van der Waals surface area contributed by atoms with Gasteiger partial charge in [0.1, 0.15) is 11.4 Å². The first kappa shape index (κ1) is 21.0. The van der Waals surface area contributed by atoms with E-state index in [1.165, 1.54) is 0 Å². The van der Waals surface area contributed by atoms with Gasteiger partial charge in [0.25, 0.3) is 0 Å². The number of nitrogens with zero attached hydrogens (tertiary/aromatic N) is 3. The molecule has 160 valence electrons. The number of aromatic nitrogens is 2. The molecule has 7 nitrogen and oxygen atoms in total. The van der Waals surface area contributed by atoms with Gasteiger partial charge in [-0.2, -0.15) is 11.8 Å². The van der Waals surface area contributed by atoms with Crippen molar-refractivity contribution in [3.63, 3.8) is 0 Å². The molecule has 2 aromatic carbocycles. The lowest BCUT2D eigenvalue weighted by Gasteiger charge is -2.28. The number of benzene rings is 2. The van der Waals surface area contributed by atoms with E-state index in [-0.39, 0.29) is 6.03 Å². The number of hydrogen-bond acceptors (Lipinski definition) is 6. The molecule has 0 atom stereocenters. The summed E-state index contributed by atoms with van der Waals surface area (Å²) in [6.07, 6.45) is 3.43. The Morgan fingerprint density at radius 2 is 1.77 bits per heavy atom. The highest BCUT2D eigenvalue weighted by Gasteiger charge is 2.18. The molecule has 31 heavy (non-hydrogen) atoms. The van der Waals surface area contributed by atoms with E-state index in [2.05, 4.69) is 25.5 Å². The molecule has 1 aromatic heterocycles. The summed E-state index contributed by atoms with van der Waals surface area (Å²) in [5, 5.41) is 5.73. The van der Waals surface area contributed by atoms with Crippen LogP contribution in [0.2, 0.25) is 0 Å². The first-order valence-corrected chi connectivity index (χ1v) is 11.4. The highest BCUT2D eigenvalue weighted by atomic mass is 32.2. The van der Waals surface area contributed by atoms with Crippen LogP contribution in [0.4, 0.5) is 22.0 Å². The number of carbonyl (C=O) groups is 1. The number of carbonyl (C=O) groups excluding carboxylic acids is 1. The Bertz CT molecular complexity index is 1020. The van der Waals surface area contributed by atoms with Crippen molar-refractivity contribution in [3.05, 3.63) is 60.9 Å². The predicted molar refractivity (Wildman–Crippen MR) is 127 cm³/mol. The Hall–Kier alpha value is -3.26. The van der Waals surface area contributed by atoms with Gasteiger partial charge in [-0.25, -0.2) is 9.78 Å². The Balaban J connectivity index is 1.47. The Morgan fingerprint density at radius 1 is 1.03 bits per heavy atom. The zero-order valence-corrected chi connectivity index (χ0v) is 18.2. The summed E-state index contributed by atoms with van der Waals surface area (Å²) in [5.74, 6) is 3.83. The number of nitrogens with one attached hydrogen (secondary N) is 2. The van der Waals surface area contributed by atoms with Crippen LogP contribution in [0.15, 0.2) is 60.9 Å². The molecule has 8 heteroatoms. The van der Waals surface area contributed by atoms with Crippen molar-refractivity contribution in [3.8, 4) is 17.0 Å². The summed E-state index contributed by atoms with van der Waals surface area (Å²) < 4.78 is 5.43. The molecule has 1 aliphatic rings. The van der Waals surface area contributed by atoms with Crippen molar-refractivity contribution < 1.29 is 9.53 Å². The van der Waals surface area contributed by atoms with E-state index in [0.29, 0.717) is 18.0 Å². The Morgan fingerprint density at radius 3 is 2.55 bits per heavy atom. The number of urea groups is 1. The molecule has 0 bridgehead atoms. The van der Waals surface area contributed by atoms with Crippen LogP contribution in [0.3, 0.4) is 0 Å². The summed E-state index contributed by atoms with van der Waals surface area (Å²) >= 11 is 1.96. The van der Waals surface area contributed by atoms with E-state index in [1.54, 1.807) is 12.4 Å². The second-order valence-corrected chi connectivity index (χ2v) is 8.17. The van der Waals surface area contributed by atoms with Crippen LogP contribution in [-0.2, 0) is 0 Å². The summed E-state index contributed by atoms with van der Waals surface area (Å²) in [4.78, 5) is 23.9. The zero-order chi connectivity index (χ0) is 21.5. The number of thioether (sulfide) groups is 1. The van der Waals surface area contributed by atoms with Gasteiger partial charge in [0.2, 0.25) is 0 Å². The van der Waals surface area contributed by atoms with Gasteiger partial charge in [-0.1, -0.05) is 12.1 Å². The third-order valence-corrected chi connectivity index (χ3v) is 5.75. The van der Waals surface area contributed by atoms with Crippen LogP contribution in [0.25, 0.3) is 11.3 Å². The SMILES string of the molecule is CCOc1ccc(NC(=O)Nc2cccc(-c3nccnc3N3CCSCC3)c2)cc1. The molecule has 0 aliphatic carbocycles. The fourth-order valence-electron chi connectivity index (χ4n) is 3.38. The minimum absolute atomic E-state index is 0.311. The van der Waals surface area contributed by atoms with Gasteiger partial charge in [-0.05, 0) is 43.3 Å². The fourth-order valence-corrected chi connectivity index (χ4v) is 4.28. The van der Waals surface area contributed by atoms with Crippen molar-refractivity contribution in [2.75, 3.05) is 46.7 Å². The zero-order valence-electron chi connectivity index (χ0n) is 17.4. The maximum atomic E-state index is 12.5. The smallest absolute Gasteiger partial charge is 0.323 e. The minimum Gasteiger partial charge on any atom is -0.494 e. The van der Waals surface area contributed by atoms with E-state index in [9.17, 15) is 4.79 Å². The highest BCUT2D eigenvalue weighted by molar-refractivity contribution is 7.99. The van der Waals surface area contributed by atoms with Gasteiger partial charge in [-0.15, -0.1) is 0 Å². The molecule has 0 radical (unpaired) electrons. The van der Waals surface area contributed by atoms with E-state index in [1.807, 2.05) is 67.2 Å². The monoisotopic (exact) mass is 435 g/mol. The number of hydrogen-bond donors (Lipinski definition) is 2. The van der Waals surface area contributed by atoms with Crippen LogP contribution in [0, 0.1) is 0 Å². The fraction of sp³-hybridized carbons (Fsp3) is 0.261. The lowest BCUT2D eigenvalue weighted by molar-refractivity contribution is 0.262. The Labute approximate surface area is 186 Å². The summed E-state index contributed by atoms with van der Waals surface area (Å²) in [6, 6.07) is 14.6. The van der Waals surface area contributed by atoms with E-state index >= 15 is 0 Å². The Kier molecular flexibility index (Phi) is 6.89. The van der Waals surface area contributed by atoms with Crippen LogP contribution >= 0.6 is 11.8 Å². The molecule has 2 amide bonds. The molecule has 1 aliphatic heterocycles. The van der Waals surface area contributed by atoms with Crippen LogP contribution < -0.4 is 20.3 Å². The van der Waals surface area contributed by atoms with Gasteiger partial charge < -0.3 is 20.3 Å². The number of amides is 2. The van der Waals surface area contributed by atoms with Crippen LogP contribution in [0.5, 0.6) is 5.75 Å². The molecule has 3 aromatic rings.